The van der Waals surface area contributed by atoms with Gasteiger partial charge in [-0.15, -0.1) is 0 Å². The molecule has 0 saturated heterocycles. The maximum atomic E-state index is 11.8. The van der Waals surface area contributed by atoms with E-state index in [1.54, 1.807) is 12.1 Å². The smallest absolute Gasteiger partial charge is 0.228 e. The van der Waals surface area contributed by atoms with E-state index in [9.17, 15) is 4.79 Å². The summed E-state index contributed by atoms with van der Waals surface area (Å²) in [5.74, 6) is -0.396. The Morgan fingerprint density at radius 2 is 2.00 bits per heavy atom. The number of halogens is 3. The molecule has 1 aromatic carbocycles. The summed E-state index contributed by atoms with van der Waals surface area (Å²) in [5, 5.41) is 3.49. The second-order valence-electron chi connectivity index (χ2n) is 3.57. The van der Waals surface area contributed by atoms with E-state index in [0.29, 0.717) is 28.7 Å². The Kier molecular flexibility index (Phi) is 5.73. The van der Waals surface area contributed by atoms with Crippen LogP contribution in [0.5, 0.6) is 0 Å². The molecule has 0 aliphatic carbocycles. The number of nitrogens with two attached hydrogens (primary N) is 1. The first-order chi connectivity index (χ1) is 7.99. The van der Waals surface area contributed by atoms with Crippen molar-refractivity contribution >= 4 is 50.7 Å². The molecule has 0 bridgehead atoms. The SMILES string of the molecule is CCC(CN)C(=O)Nc1c(Cl)cc(Br)cc1Cl. The van der Waals surface area contributed by atoms with Crippen LogP contribution >= 0.6 is 39.1 Å². The molecule has 94 valence electrons. The molecule has 0 spiro atoms. The lowest BCUT2D eigenvalue weighted by Crippen LogP contribution is -2.28. The number of rotatable bonds is 4. The van der Waals surface area contributed by atoms with Crippen LogP contribution in [-0.2, 0) is 4.79 Å². The fourth-order valence-corrected chi connectivity index (χ4v) is 2.65. The van der Waals surface area contributed by atoms with E-state index in [1.807, 2.05) is 6.92 Å². The zero-order valence-corrected chi connectivity index (χ0v) is 12.4. The predicted octanol–water partition coefficient (Wildman–Crippen LogP) is 3.68. The Hall–Kier alpha value is -0.290. The highest BCUT2D eigenvalue weighted by Gasteiger charge is 2.17. The number of hydrogen-bond donors (Lipinski definition) is 2. The molecule has 0 aliphatic heterocycles. The number of nitrogens with one attached hydrogen (secondary N) is 1. The van der Waals surface area contributed by atoms with Gasteiger partial charge in [0.25, 0.3) is 0 Å². The Morgan fingerprint density at radius 3 is 2.41 bits per heavy atom. The molecule has 6 heteroatoms. The van der Waals surface area contributed by atoms with Gasteiger partial charge in [-0.2, -0.15) is 0 Å². The lowest BCUT2D eigenvalue weighted by Gasteiger charge is -2.14. The molecule has 1 rings (SSSR count). The minimum absolute atomic E-state index is 0.166. The van der Waals surface area contributed by atoms with Crippen LogP contribution in [0.15, 0.2) is 16.6 Å². The summed E-state index contributed by atoms with van der Waals surface area (Å²) in [6.45, 7) is 2.20. The molecule has 0 aromatic heterocycles. The zero-order chi connectivity index (χ0) is 13.0. The van der Waals surface area contributed by atoms with Gasteiger partial charge < -0.3 is 11.1 Å². The van der Waals surface area contributed by atoms with E-state index >= 15 is 0 Å². The van der Waals surface area contributed by atoms with Crippen molar-refractivity contribution < 1.29 is 4.79 Å². The van der Waals surface area contributed by atoms with Crippen molar-refractivity contribution in [2.24, 2.45) is 11.7 Å². The number of amides is 1. The van der Waals surface area contributed by atoms with Gasteiger partial charge in [-0.25, -0.2) is 0 Å². The molecule has 1 unspecified atom stereocenters. The van der Waals surface area contributed by atoms with Crippen molar-refractivity contribution in [3.05, 3.63) is 26.7 Å². The maximum absolute atomic E-state index is 11.8. The number of carbonyl (C=O) groups excluding carboxylic acids is 1. The van der Waals surface area contributed by atoms with Crippen molar-refractivity contribution in [3.8, 4) is 0 Å². The summed E-state index contributed by atoms with van der Waals surface area (Å²) >= 11 is 15.3. The van der Waals surface area contributed by atoms with Crippen LogP contribution in [0.3, 0.4) is 0 Å². The molecule has 0 aliphatic rings. The number of benzene rings is 1. The second-order valence-corrected chi connectivity index (χ2v) is 5.30. The topological polar surface area (TPSA) is 55.1 Å². The summed E-state index contributed by atoms with van der Waals surface area (Å²) in [6, 6.07) is 3.35. The number of hydrogen-bond acceptors (Lipinski definition) is 2. The van der Waals surface area contributed by atoms with Gasteiger partial charge in [0.15, 0.2) is 0 Å². The fraction of sp³-hybridized carbons (Fsp3) is 0.364. The first kappa shape index (κ1) is 14.8. The fourth-order valence-electron chi connectivity index (χ4n) is 1.35. The lowest BCUT2D eigenvalue weighted by atomic mass is 10.1. The third-order valence-electron chi connectivity index (χ3n) is 2.40. The maximum Gasteiger partial charge on any atom is 0.228 e. The average Bonchev–Trinajstić information content (AvgIpc) is 2.25. The van der Waals surface area contributed by atoms with Crippen LogP contribution in [0, 0.1) is 5.92 Å². The molecule has 0 fully saturated rings. The predicted molar refractivity (Wildman–Crippen MR) is 75.6 cm³/mol. The highest BCUT2D eigenvalue weighted by atomic mass is 79.9. The van der Waals surface area contributed by atoms with Crippen LogP contribution in [0.4, 0.5) is 5.69 Å². The van der Waals surface area contributed by atoms with Crippen LogP contribution < -0.4 is 11.1 Å². The van der Waals surface area contributed by atoms with Crippen LogP contribution in [0.25, 0.3) is 0 Å². The van der Waals surface area contributed by atoms with E-state index in [1.165, 1.54) is 0 Å². The Balaban J connectivity index is 2.92. The molecule has 0 heterocycles. The summed E-state index contributed by atoms with van der Waals surface area (Å²) < 4.78 is 0.761. The summed E-state index contributed by atoms with van der Waals surface area (Å²) in [4.78, 5) is 11.8. The molecule has 17 heavy (non-hydrogen) atoms. The third kappa shape index (κ3) is 3.85. The molecular weight excluding hydrogens is 327 g/mol. The van der Waals surface area contributed by atoms with Gasteiger partial charge in [0.05, 0.1) is 21.7 Å². The molecular formula is C11H13BrCl2N2O. The minimum Gasteiger partial charge on any atom is -0.330 e. The van der Waals surface area contributed by atoms with Crippen molar-refractivity contribution in [2.75, 3.05) is 11.9 Å². The van der Waals surface area contributed by atoms with Crippen molar-refractivity contribution in [2.45, 2.75) is 13.3 Å². The Bertz CT molecular complexity index is 399. The molecule has 3 N–H and O–H groups in total. The summed E-state index contributed by atoms with van der Waals surface area (Å²) in [7, 11) is 0. The standard InChI is InChI=1S/C11H13BrCl2N2O/c1-2-6(5-15)11(17)16-10-8(13)3-7(12)4-9(10)14/h3-4,6H,2,5,15H2,1H3,(H,16,17). The molecule has 0 saturated carbocycles. The second kappa shape index (κ2) is 6.59. The van der Waals surface area contributed by atoms with Gasteiger partial charge in [0, 0.05) is 11.0 Å². The van der Waals surface area contributed by atoms with Crippen molar-refractivity contribution in [1.82, 2.24) is 0 Å². The highest BCUT2D eigenvalue weighted by Crippen LogP contribution is 2.34. The zero-order valence-electron chi connectivity index (χ0n) is 9.27. The molecule has 3 nitrogen and oxygen atoms in total. The van der Waals surface area contributed by atoms with Gasteiger partial charge in [0.2, 0.25) is 5.91 Å². The molecule has 1 atom stereocenters. The van der Waals surface area contributed by atoms with Crippen LogP contribution in [0.2, 0.25) is 10.0 Å². The molecule has 1 aromatic rings. The Labute approximate surface area is 119 Å². The van der Waals surface area contributed by atoms with E-state index in [4.69, 9.17) is 28.9 Å². The number of carbonyl (C=O) groups is 1. The summed E-state index contributed by atoms with van der Waals surface area (Å²) in [5.41, 5.74) is 5.93. The van der Waals surface area contributed by atoms with Gasteiger partial charge in [0.1, 0.15) is 0 Å². The third-order valence-corrected chi connectivity index (χ3v) is 3.46. The first-order valence-corrected chi connectivity index (χ1v) is 6.70. The number of anilines is 1. The lowest BCUT2D eigenvalue weighted by molar-refractivity contribution is -0.119. The quantitative estimate of drug-likeness (QED) is 0.879. The minimum atomic E-state index is -0.231. The highest BCUT2D eigenvalue weighted by molar-refractivity contribution is 9.10. The van der Waals surface area contributed by atoms with Crippen LogP contribution in [-0.4, -0.2) is 12.5 Å². The van der Waals surface area contributed by atoms with Gasteiger partial charge in [-0.05, 0) is 18.6 Å². The van der Waals surface area contributed by atoms with E-state index < -0.39 is 0 Å². The Morgan fingerprint density at radius 1 is 1.47 bits per heavy atom. The van der Waals surface area contributed by atoms with Gasteiger partial charge >= 0.3 is 0 Å². The van der Waals surface area contributed by atoms with E-state index in [2.05, 4.69) is 21.2 Å². The molecule has 0 radical (unpaired) electrons. The monoisotopic (exact) mass is 338 g/mol. The average molecular weight is 340 g/mol. The van der Waals surface area contributed by atoms with Gasteiger partial charge in [-0.1, -0.05) is 46.1 Å². The summed E-state index contributed by atoms with van der Waals surface area (Å²) in [6.07, 6.45) is 0.675. The van der Waals surface area contributed by atoms with Crippen LogP contribution in [0.1, 0.15) is 13.3 Å². The van der Waals surface area contributed by atoms with E-state index in [-0.39, 0.29) is 11.8 Å². The van der Waals surface area contributed by atoms with Crippen molar-refractivity contribution in [3.63, 3.8) is 0 Å². The van der Waals surface area contributed by atoms with Crippen molar-refractivity contribution in [1.29, 1.82) is 0 Å². The first-order valence-electron chi connectivity index (χ1n) is 5.15. The largest absolute Gasteiger partial charge is 0.330 e. The molecule has 1 amide bonds. The van der Waals surface area contributed by atoms with Gasteiger partial charge in [-0.3, -0.25) is 4.79 Å². The normalized spacial score (nSPS) is 12.3. The van der Waals surface area contributed by atoms with E-state index in [0.717, 1.165) is 4.47 Å².